The number of fused-ring (bicyclic) bond motifs is 1. The van der Waals surface area contributed by atoms with Gasteiger partial charge in [0, 0.05) is 38.8 Å². The molecule has 176 valence electrons. The number of aryl methyl sites for hydroxylation is 1. The molecule has 1 saturated heterocycles. The molecule has 1 aliphatic heterocycles. The van der Waals surface area contributed by atoms with Crippen molar-refractivity contribution in [1.82, 2.24) is 24.0 Å². The van der Waals surface area contributed by atoms with E-state index >= 15 is 0 Å². The third-order valence-corrected chi connectivity index (χ3v) is 6.30. The Balaban J connectivity index is 1.46. The predicted octanol–water partition coefficient (Wildman–Crippen LogP) is 2.07. The van der Waals surface area contributed by atoms with Gasteiger partial charge in [0.2, 0.25) is 0 Å². The minimum Gasteiger partial charge on any atom is -0.367 e. The highest BCUT2D eigenvalue weighted by Gasteiger charge is 2.23. The number of para-hydroxylation sites is 1. The maximum Gasteiger partial charge on any atom is 0.329 e. The third kappa shape index (κ3) is 4.01. The number of nitrogens with zero attached hydrogens (tertiary/aromatic N) is 5. The Hall–Kier alpha value is -3.79. The first kappa shape index (κ1) is 22.0. The average molecular weight is 466 g/mol. The van der Waals surface area contributed by atoms with Crippen LogP contribution in [0.3, 0.4) is 0 Å². The second-order valence-electron chi connectivity index (χ2n) is 8.41. The molecule has 34 heavy (non-hydrogen) atoms. The van der Waals surface area contributed by atoms with Crippen LogP contribution in [0.1, 0.15) is 11.4 Å². The molecule has 1 fully saturated rings. The monoisotopic (exact) mass is 466 g/mol. The van der Waals surface area contributed by atoms with Gasteiger partial charge in [-0.15, -0.1) is 0 Å². The standard InChI is InChI=1S/C24H24F2N6O2/c1-29-22-21(23(33)28-24(29)34)32(14-16-6-2-3-7-17(16)25)20(27-22)15-30-10-12-31(13-11-30)19-9-5-4-8-18(19)26/h2-9H,10-15H2,1H3,(H,28,33,34). The van der Waals surface area contributed by atoms with Crippen molar-refractivity contribution in [3.8, 4) is 0 Å². The van der Waals surface area contributed by atoms with Gasteiger partial charge in [-0.2, -0.15) is 0 Å². The molecular weight excluding hydrogens is 442 g/mol. The number of anilines is 1. The zero-order chi connectivity index (χ0) is 23.8. The molecule has 1 aliphatic rings. The summed E-state index contributed by atoms with van der Waals surface area (Å²) in [5, 5.41) is 0. The van der Waals surface area contributed by atoms with Crippen LogP contribution in [-0.4, -0.2) is 50.2 Å². The lowest BCUT2D eigenvalue weighted by Gasteiger charge is -2.36. The Labute approximate surface area is 193 Å². The molecule has 0 amide bonds. The number of aromatic amines is 1. The highest BCUT2D eigenvalue weighted by atomic mass is 19.1. The van der Waals surface area contributed by atoms with Crippen LogP contribution in [0.15, 0.2) is 58.1 Å². The van der Waals surface area contributed by atoms with Gasteiger partial charge in [-0.25, -0.2) is 18.6 Å². The molecule has 1 N–H and O–H groups in total. The summed E-state index contributed by atoms with van der Waals surface area (Å²) in [4.78, 5) is 35.9. The summed E-state index contributed by atoms with van der Waals surface area (Å²) in [6, 6.07) is 13.1. The van der Waals surface area contributed by atoms with Crippen molar-refractivity contribution in [3.63, 3.8) is 0 Å². The number of piperazine rings is 1. The molecule has 4 aromatic rings. The lowest BCUT2D eigenvalue weighted by molar-refractivity contribution is 0.241. The average Bonchev–Trinajstić information content (AvgIpc) is 3.18. The molecule has 0 saturated carbocycles. The topological polar surface area (TPSA) is 79.2 Å². The van der Waals surface area contributed by atoms with E-state index in [-0.39, 0.29) is 29.3 Å². The van der Waals surface area contributed by atoms with E-state index in [0.717, 1.165) is 0 Å². The summed E-state index contributed by atoms with van der Waals surface area (Å²) in [6.07, 6.45) is 0. The summed E-state index contributed by atoms with van der Waals surface area (Å²) in [5.74, 6) is -0.0675. The molecule has 5 rings (SSSR count). The summed E-state index contributed by atoms with van der Waals surface area (Å²) in [7, 11) is 1.54. The second-order valence-corrected chi connectivity index (χ2v) is 8.41. The van der Waals surface area contributed by atoms with Gasteiger partial charge in [0.05, 0.1) is 18.8 Å². The Morgan fingerprint density at radius 1 is 0.912 bits per heavy atom. The number of benzene rings is 2. The van der Waals surface area contributed by atoms with Gasteiger partial charge in [-0.1, -0.05) is 30.3 Å². The van der Waals surface area contributed by atoms with E-state index in [1.54, 1.807) is 34.9 Å². The fraction of sp³-hybridized carbons (Fsp3) is 0.292. The molecule has 8 nitrogen and oxygen atoms in total. The van der Waals surface area contributed by atoms with Crippen LogP contribution in [0.25, 0.3) is 11.2 Å². The Morgan fingerprint density at radius 2 is 1.59 bits per heavy atom. The van der Waals surface area contributed by atoms with E-state index in [2.05, 4.69) is 14.9 Å². The van der Waals surface area contributed by atoms with Crippen molar-refractivity contribution in [2.45, 2.75) is 13.1 Å². The number of rotatable bonds is 5. The number of H-pyrrole nitrogens is 1. The molecule has 0 atom stereocenters. The van der Waals surface area contributed by atoms with Gasteiger partial charge in [0.15, 0.2) is 11.2 Å². The van der Waals surface area contributed by atoms with Gasteiger partial charge in [-0.05, 0) is 18.2 Å². The second kappa shape index (κ2) is 8.86. The normalized spacial score (nSPS) is 14.7. The molecular formula is C24H24F2N6O2. The molecule has 2 aromatic carbocycles. The summed E-state index contributed by atoms with van der Waals surface area (Å²) >= 11 is 0. The van der Waals surface area contributed by atoms with E-state index < -0.39 is 11.2 Å². The minimum absolute atomic E-state index is 0.106. The summed E-state index contributed by atoms with van der Waals surface area (Å²) in [6.45, 7) is 3.09. The van der Waals surface area contributed by atoms with Gasteiger partial charge in [-0.3, -0.25) is 19.2 Å². The molecule has 0 bridgehead atoms. The number of aromatic nitrogens is 4. The summed E-state index contributed by atoms with van der Waals surface area (Å²) < 4.78 is 31.6. The van der Waals surface area contributed by atoms with E-state index in [1.807, 2.05) is 11.0 Å². The van der Waals surface area contributed by atoms with Crippen LogP contribution in [-0.2, 0) is 20.1 Å². The van der Waals surface area contributed by atoms with Gasteiger partial charge in [0.25, 0.3) is 5.56 Å². The molecule has 10 heteroatoms. The fourth-order valence-electron chi connectivity index (χ4n) is 4.42. The number of halogens is 2. The zero-order valence-electron chi connectivity index (χ0n) is 18.7. The Morgan fingerprint density at radius 3 is 2.29 bits per heavy atom. The highest BCUT2D eigenvalue weighted by Crippen LogP contribution is 2.22. The molecule has 3 heterocycles. The van der Waals surface area contributed by atoms with Crippen molar-refractivity contribution in [3.05, 3.63) is 92.4 Å². The van der Waals surface area contributed by atoms with E-state index in [0.29, 0.717) is 49.8 Å². The fourth-order valence-corrected chi connectivity index (χ4v) is 4.42. The van der Waals surface area contributed by atoms with Gasteiger partial charge in [0.1, 0.15) is 17.5 Å². The van der Waals surface area contributed by atoms with Crippen LogP contribution < -0.4 is 16.1 Å². The Kier molecular flexibility index (Phi) is 5.74. The van der Waals surface area contributed by atoms with E-state index in [1.165, 1.54) is 23.7 Å². The third-order valence-electron chi connectivity index (χ3n) is 6.30. The number of nitrogens with one attached hydrogen (secondary N) is 1. The maximum atomic E-state index is 14.4. The summed E-state index contributed by atoms with van der Waals surface area (Å²) in [5.41, 5.74) is 0.363. The lowest BCUT2D eigenvalue weighted by Crippen LogP contribution is -2.46. The minimum atomic E-state index is -0.558. The first-order chi connectivity index (χ1) is 16.4. The number of hydrogen-bond acceptors (Lipinski definition) is 5. The quantitative estimate of drug-likeness (QED) is 0.487. The van der Waals surface area contributed by atoms with E-state index in [4.69, 9.17) is 0 Å². The van der Waals surface area contributed by atoms with Gasteiger partial charge >= 0.3 is 5.69 Å². The van der Waals surface area contributed by atoms with E-state index in [9.17, 15) is 18.4 Å². The van der Waals surface area contributed by atoms with Crippen LogP contribution >= 0.6 is 0 Å². The first-order valence-corrected chi connectivity index (χ1v) is 11.1. The highest BCUT2D eigenvalue weighted by molar-refractivity contribution is 5.71. The van der Waals surface area contributed by atoms with Crippen molar-refractivity contribution in [1.29, 1.82) is 0 Å². The first-order valence-electron chi connectivity index (χ1n) is 11.1. The molecule has 0 aliphatic carbocycles. The van der Waals surface area contributed by atoms with Crippen LogP contribution in [0.5, 0.6) is 0 Å². The Bertz CT molecular complexity index is 1470. The molecule has 0 radical (unpaired) electrons. The molecule has 0 spiro atoms. The SMILES string of the molecule is Cn1c(=O)[nH]c(=O)c2c1nc(CN1CCN(c3ccccc3F)CC1)n2Cc1ccccc1F. The number of hydrogen-bond donors (Lipinski definition) is 1. The largest absolute Gasteiger partial charge is 0.367 e. The van der Waals surface area contributed by atoms with Crippen molar-refractivity contribution < 1.29 is 8.78 Å². The molecule has 0 unspecified atom stereocenters. The van der Waals surface area contributed by atoms with Crippen LogP contribution in [0.2, 0.25) is 0 Å². The van der Waals surface area contributed by atoms with Gasteiger partial charge < -0.3 is 9.47 Å². The van der Waals surface area contributed by atoms with Crippen LogP contribution in [0.4, 0.5) is 14.5 Å². The zero-order valence-corrected chi connectivity index (χ0v) is 18.7. The lowest BCUT2D eigenvalue weighted by atomic mass is 10.2. The number of imidazole rings is 1. The molecule has 2 aromatic heterocycles. The maximum absolute atomic E-state index is 14.4. The van der Waals surface area contributed by atoms with Crippen LogP contribution in [0, 0.1) is 11.6 Å². The predicted molar refractivity (Wildman–Crippen MR) is 125 cm³/mol. The smallest absolute Gasteiger partial charge is 0.329 e. The van der Waals surface area contributed by atoms with Crippen molar-refractivity contribution in [2.75, 3.05) is 31.1 Å². The van der Waals surface area contributed by atoms with Crippen molar-refractivity contribution >= 4 is 16.9 Å². The van der Waals surface area contributed by atoms with Crippen molar-refractivity contribution in [2.24, 2.45) is 7.05 Å².